The summed E-state index contributed by atoms with van der Waals surface area (Å²) in [5, 5.41) is 9.49. The van der Waals surface area contributed by atoms with E-state index in [1.54, 1.807) is 48.7 Å². The molecule has 1 unspecified atom stereocenters. The van der Waals surface area contributed by atoms with Crippen molar-refractivity contribution in [2.24, 2.45) is 5.73 Å². The van der Waals surface area contributed by atoms with E-state index >= 15 is 0 Å². The first-order valence-electron chi connectivity index (χ1n) is 11.0. The summed E-state index contributed by atoms with van der Waals surface area (Å²) in [5.41, 5.74) is 8.31. The molecule has 0 saturated carbocycles. The SMILES string of the molecule is CCCSc1nc2n(n1)C(c1cc(Br)c(OCc3ccc(Cl)cc3Cl)c(OC)c1)C(C(N)=O)=C(C)N2. The zero-order valence-electron chi connectivity index (χ0n) is 19.8. The summed E-state index contributed by atoms with van der Waals surface area (Å²) in [6.45, 7) is 4.09. The Morgan fingerprint density at radius 3 is 2.75 bits per heavy atom. The number of thioether (sulfide) groups is 1. The van der Waals surface area contributed by atoms with Crippen molar-refractivity contribution in [2.75, 3.05) is 18.2 Å². The molecule has 1 amide bonds. The molecule has 1 aliphatic rings. The number of hydrogen-bond acceptors (Lipinski definition) is 7. The number of anilines is 1. The van der Waals surface area contributed by atoms with Crippen LogP contribution in [0.4, 0.5) is 5.95 Å². The van der Waals surface area contributed by atoms with Crippen molar-refractivity contribution in [3.05, 3.63) is 67.2 Å². The first-order chi connectivity index (χ1) is 17.2. The van der Waals surface area contributed by atoms with Crippen molar-refractivity contribution in [3.8, 4) is 11.5 Å². The molecule has 0 aliphatic carbocycles. The molecule has 1 atom stereocenters. The summed E-state index contributed by atoms with van der Waals surface area (Å²) < 4.78 is 14.0. The molecular formula is C24H24BrCl2N5O3S. The van der Waals surface area contributed by atoms with Gasteiger partial charge in [0.15, 0.2) is 11.5 Å². The van der Waals surface area contributed by atoms with Gasteiger partial charge in [0.25, 0.3) is 0 Å². The molecule has 0 fully saturated rings. The molecule has 0 bridgehead atoms. The quantitative estimate of drug-likeness (QED) is 0.277. The van der Waals surface area contributed by atoms with Crippen molar-refractivity contribution in [1.82, 2.24) is 14.8 Å². The van der Waals surface area contributed by atoms with Crippen LogP contribution in [-0.2, 0) is 11.4 Å². The van der Waals surface area contributed by atoms with Gasteiger partial charge in [0, 0.05) is 27.1 Å². The van der Waals surface area contributed by atoms with Gasteiger partial charge in [0.2, 0.25) is 17.0 Å². The summed E-state index contributed by atoms with van der Waals surface area (Å²) >= 11 is 17.5. The molecular weight excluding hydrogens is 589 g/mol. The second-order valence-electron chi connectivity index (χ2n) is 8.00. The van der Waals surface area contributed by atoms with Gasteiger partial charge in [-0.2, -0.15) is 4.98 Å². The van der Waals surface area contributed by atoms with Gasteiger partial charge < -0.3 is 20.5 Å². The summed E-state index contributed by atoms with van der Waals surface area (Å²) in [6.07, 6.45) is 0.988. The fourth-order valence-corrected chi connectivity index (χ4v) is 5.56. The lowest BCUT2D eigenvalue weighted by molar-refractivity contribution is -0.115. The molecule has 190 valence electrons. The minimum Gasteiger partial charge on any atom is -0.493 e. The van der Waals surface area contributed by atoms with Gasteiger partial charge in [-0.3, -0.25) is 4.79 Å². The van der Waals surface area contributed by atoms with E-state index in [0.29, 0.717) is 48.4 Å². The predicted octanol–water partition coefficient (Wildman–Crippen LogP) is 6.21. The second-order valence-corrected chi connectivity index (χ2v) is 10.8. The number of hydrogen-bond donors (Lipinski definition) is 2. The van der Waals surface area contributed by atoms with E-state index in [2.05, 4.69) is 38.3 Å². The second kappa shape index (κ2) is 11.3. The largest absolute Gasteiger partial charge is 0.493 e. The molecule has 2 aromatic carbocycles. The maximum absolute atomic E-state index is 12.5. The van der Waals surface area contributed by atoms with Crippen LogP contribution in [0, 0.1) is 0 Å². The number of fused-ring (bicyclic) bond motifs is 1. The minimum atomic E-state index is -0.604. The number of benzene rings is 2. The molecule has 0 radical (unpaired) electrons. The third kappa shape index (κ3) is 5.46. The molecule has 1 aromatic heterocycles. The maximum Gasteiger partial charge on any atom is 0.248 e. The average molecular weight is 613 g/mol. The third-order valence-corrected chi connectivity index (χ3v) is 7.71. The summed E-state index contributed by atoms with van der Waals surface area (Å²) in [6, 6.07) is 8.28. The van der Waals surface area contributed by atoms with Gasteiger partial charge in [0.1, 0.15) is 12.6 Å². The first-order valence-corrected chi connectivity index (χ1v) is 13.6. The highest BCUT2D eigenvalue weighted by molar-refractivity contribution is 9.10. The molecule has 0 spiro atoms. The van der Waals surface area contributed by atoms with Crippen LogP contribution in [0.1, 0.15) is 37.4 Å². The zero-order chi connectivity index (χ0) is 26.0. The van der Waals surface area contributed by atoms with Crippen molar-refractivity contribution >= 4 is 62.7 Å². The highest BCUT2D eigenvalue weighted by Gasteiger charge is 2.34. The van der Waals surface area contributed by atoms with Crippen LogP contribution in [0.5, 0.6) is 11.5 Å². The van der Waals surface area contributed by atoms with E-state index in [4.69, 9.17) is 38.4 Å². The summed E-state index contributed by atoms with van der Waals surface area (Å²) in [5.74, 6) is 1.81. The van der Waals surface area contributed by atoms with Crippen LogP contribution in [0.3, 0.4) is 0 Å². The van der Waals surface area contributed by atoms with Crippen LogP contribution in [-0.4, -0.2) is 33.5 Å². The number of halogens is 3. The number of ether oxygens (including phenoxy) is 2. The highest BCUT2D eigenvalue weighted by Crippen LogP contribution is 2.43. The number of nitrogens with two attached hydrogens (primary N) is 1. The van der Waals surface area contributed by atoms with Crippen LogP contribution < -0.4 is 20.5 Å². The molecule has 4 rings (SSSR count). The number of aromatic nitrogens is 3. The Balaban J connectivity index is 1.73. The standard InChI is InChI=1S/C24H24BrCl2N5O3S/c1-4-7-36-24-30-23-29-12(2)19(22(28)33)20(32(23)31-24)14-8-16(25)21(18(9-14)34-3)35-11-13-5-6-15(26)10-17(13)27/h5-6,8-10,20H,4,7,11H2,1-3H3,(H2,28,33)(H,29,30,31). The molecule has 8 nitrogen and oxygen atoms in total. The zero-order valence-corrected chi connectivity index (χ0v) is 23.7. The van der Waals surface area contributed by atoms with E-state index in [1.165, 1.54) is 0 Å². The first kappa shape index (κ1) is 26.7. The van der Waals surface area contributed by atoms with E-state index in [9.17, 15) is 4.79 Å². The van der Waals surface area contributed by atoms with Gasteiger partial charge in [0.05, 0.1) is 17.2 Å². The Labute approximate surface area is 231 Å². The third-order valence-electron chi connectivity index (χ3n) is 5.49. The van der Waals surface area contributed by atoms with Crippen molar-refractivity contribution < 1.29 is 14.3 Å². The number of primary amides is 1. The number of nitrogens with zero attached hydrogens (tertiary/aromatic N) is 3. The molecule has 36 heavy (non-hydrogen) atoms. The van der Waals surface area contributed by atoms with Crippen molar-refractivity contribution in [2.45, 2.75) is 38.1 Å². The number of carbonyl (C=O) groups is 1. The van der Waals surface area contributed by atoms with Crippen LogP contribution in [0.2, 0.25) is 10.0 Å². The fraction of sp³-hybridized carbons (Fsp3) is 0.292. The minimum absolute atomic E-state index is 0.203. The number of methoxy groups -OCH3 is 1. The Morgan fingerprint density at radius 1 is 1.31 bits per heavy atom. The predicted molar refractivity (Wildman–Crippen MR) is 146 cm³/mol. The molecule has 2 heterocycles. The molecule has 3 N–H and O–H groups in total. The Bertz CT molecular complexity index is 1350. The van der Waals surface area contributed by atoms with Gasteiger partial charge in [-0.15, -0.1) is 5.10 Å². The van der Waals surface area contributed by atoms with Crippen molar-refractivity contribution in [1.29, 1.82) is 0 Å². The highest BCUT2D eigenvalue weighted by atomic mass is 79.9. The number of rotatable bonds is 9. The Kier molecular flexibility index (Phi) is 8.39. The monoisotopic (exact) mass is 611 g/mol. The lowest BCUT2D eigenvalue weighted by Crippen LogP contribution is -2.31. The van der Waals surface area contributed by atoms with Crippen LogP contribution in [0.15, 0.2) is 51.2 Å². The summed E-state index contributed by atoms with van der Waals surface area (Å²) in [4.78, 5) is 17.1. The van der Waals surface area contributed by atoms with Gasteiger partial charge in [-0.05, 0) is 59.1 Å². The Morgan fingerprint density at radius 2 is 2.08 bits per heavy atom. The lowest BCUT2D eigenvalue weighted by Gasteiger charge is -2.28. The smallest absolute Gasteiger partial charge is 0.248 e. The molecule has 0 saturated heterocycles. The normalized spacial score (nSPS) is 14.9. The van der Waals surface area contributed by atoms with Crippen LogP contribution in [0.25, 0.3) is 0 Å². The Hall–Kier alpha value is -2.40. The van der Waals surface area contributed by atoms with E-state index in [1.807, 2.05) is 12.1 Å². The van der Waals surface area contributed by atoms with E-state index in [0.717, 1.165) is 23.3 Å². The molecule has 12 heteroatoms. The average Bonchev–Trinajstić information content (AvgIpc) is 3.23. The number of allylic oxidation sites excluding steroid dienone is 1. The fourth-order valence-electron chi connectivity index (χ4n) is 3.84. The lowest BCUT2D eigenvalue weighted by atomic mass is 9.95. The van der Waals surface area contributed by atoms with E-state index < -0.39 is 11.9 Å². The number of nitrogens with one attached hydrogen (secondary N) is 1. The molecule has 3 aromatic rings. The van der Waals surface area contributed by atoms with Crippen LogP contribution >= 0.6 is 50.9 Å². The molecule has 1 aliphatic heterocycles. The van der Waals surface area contributed by atoms with Gasteiger partial charge in [-0.1, -0.05) is 48.0 Å². The number of amides is 1. The van der Waals surface area contributed by atoms with Gasteiger partial charge in [-0.25, -0.2) is 4.68 Å². The maximum atomic E-state index is 12.5. The summed E-state index contributed by atoms with van der Waals surface area (Å²) in [7, 11) is 1.55. The topological polar surface area (TPSA) is 104 Å². The van der Waals surface area contributed by atoms with E-state index in [-0.39, 0.29) is 6.61 Å². The van der Waals surface area contributed by atoms with Gasteiger partial charge >= 0.3 is 0 Å². The number of carbonyl (C=O) groups excluding carboxylic acids is 1. The van der Waals surface area contributed by atoms with Crippen molar-refractivity contribution in [3.63, 3.8) is 0 Å².